The Hall–Kier alpha value is -1.88. The minimum atomic E-state index is -0.710. The maximum absolute atomic E-state index is 11.4. The van der Waals surface area contributed by atoms with Crippen LogP contribution in [0.3, 0.4) is 0 Å². The number of para-hydroxylation sites is 1. The third kappa shape index (κ3) is 3.24. The lowest BCUT2D eigenvalue weighted by atomic mass is 9.78. The molecule has 1 aromatic heterocycles. The van der Waals surface area contributed by atoms with E-state index < -0.39 is 5.97 Å². The second kappa shape index (κ2) is 6.26. The summed E-state index contributed by atoms with van der Waals surface area (Å²) in [7, 11) is 0. The fourth-order valence-corrected chi connectivity index (χ4v) is 3.61. The van der Waals surface area contributed by atoms with Gasteiger partial charge < -0.3 is 9.84 Å². The molecule has 0 spiro atoms. The number of thiazole rings is 1. The Kier molecular flexibility index (Phi) is 4.20. The predicted molar refractivity (Wildman–Crippen MR) is 81.0 cm³/mol. The molecule has 1 saturated carbocycles. The van der Waals surface area contributed by atoms with Crippen molar-refractivity contribution in [3.63, 3.8) is 0 Å². The number of nitrogens with zero attached hydrogens (tertiary/aromatic N) is 1. The number of carboxylic acid groups (broad SMARTS) is 1. The van der Waals surface area contributed by atoms with E-state index in [2.05, 4.69) is 4.98 Å². The van der Waals surface area contributed by atoms with E-state index in [0.29, 0.717) is 5.19 Å². The normalized spacial score (nSPS) is 21.9. The van der Waals surface area contributed by atoms with Gasteiger partial charge in [-0.3, -0.25) is 4.79 Å². The number of aliphatic carboxylic acids is 1. The number of carbonyl (C=O) groups is 1. The van der Waals surface area contributed by atoms with Crippen molar-refractivity contribution in [2.75, 3.05) is 0 Å². The van der Waals surface area contributed by atoms with Crippen LogP contribution in [0, 0.1) is 5.92 Å². The van der Waals surface area contributed by atoms with Crippen LogP contribution in [-0.4, -0.2) is 16.1 Å². The largest absolute Gasteiger partial charge is 0.481 e. The molecule has 1 fully saturated rings. The number of aromatic nitrogens is 1. The summed E-state index contributed by atoms with van der Waals surface area (Å²) >= 11 is 1.43. The number of rotatable bonds is 4. The molecule has 4 nitrogen and oxygen atoms in total. The first-order valence-electron chi connectivity index (χ1n) is 7.15. The second-order valence-electron chi connectivity index (χ2n) is 5.29. The lowest BCUT2D eigenvalue weighted by Crippen LogP contribution is -2.25. The van der Waals surface area contributed by atoms with Gasteiger partial charge in [0.25, 0.3) is 5.19 Å². The quantitative estimate of drug-likeness (QED) is 0.915. The average molecular weight is 303 g/mol. The van der Waals surface area contributed by atoms with Gasteiger partial charge in [0.2, 0.25) is 0 Å². The van der Waals surface area contributed by atoms with E-state index in [1.807, 2.05) is 35.7 Å². The highest BCUT2D eigenvalue weighted by Gasteiger charge is 2.33. The van der Waals surface area contributed by atoms with Gasteiger partial charge in [0.05, 0.1) is 11.6 Å². The van der Waals surface area contributed by atoms with Crippen molar-refractivity contribution in [3.8, 4) is 10.9 Å². The predicted octanol–water partition coefficient (Wildman–Crippen LogP) is 4.29. The van der Waals surface area contributed by atoms with Crippen molar-refractivity contribution in [2.24, 2.45) is 5.92 Å². The molecule has 5 heteroatoms. The van der Waals surface area contributed by atoms with Gasteiger partial charge in [-0.1, -0.05) is 42.4 Å². The lowest BCUT2D eigenvalue weighted by Gasteiger charge is -2.26. The van der Waals surface area contributed by atoms with E-state index in [9.17, 15) is 9.90 Å². The highest BCUT2D eigenvalue weighted by Crippen LogP contribution is 2.39. The van der Waals surface area contributed by atoms with Crippen molar-refractivity contribution in [2.45, 2.75) is 31.6 Å². The smallest absolute Gasteiger partial charge is 0.307 e. The van der Waals surface area contributed by atoms with E-state index >= 15 is 0 Å². The fourth-order valence-electron chi connectivity index (χ4n) is 2.86. The minimum Gasteiger partial charge on any atom is -0.481 e. The number of hydrogen-bond acceptors (Lipinski definition) is 4. The molecular formula is C16H17NO3S. The Balaban J connectivity index is 1.76. The molecule has 0 amide bonds. The average Bonchev–Trinajstić information content (AvgIpc) is 2.96. The Morgan fingerprint density at radius 3 is 2.76 bits per heavy atom. The Labute approximate surface area is 127 Å². The van der Waals surface area contributed by atoms with Crippen LogP contribution in [-0.2, 0) is 4.79 Å². The van der Waals surface area contributed by atoms with Crippen LogP contribution >= 0.6 is 11.3 Å². The molecule has 110 valence electrons. The van der Waals surface area contributed by atoms with Crippen LogP contribution in [0.2, 0.25) is 0 Å². The molecule has 2 aromatic rings. The minimum absolute atomic E-state index is 0.0145. The fraction of sp³-hybridized carbons (Fsp3) is 0.375. The molecule has 3 rings (SSSR count). The van der Waals surface area contributed by atoms with E-state index in [0.717, 1.165) is 37.1 Å². The third-order valence-electron chi connectivity index (χ3n) is 3.91. The third-order valence-corrected chi connectivity index (χ3v) is 4.65. The molecule has 0 aliphatic heterocycles. The molecule has 0 saturated heterocycles. The number of benzene rings is 1. The lowest BCUT2D eigenvalue weighted by molar-refractivity contribution is -0.143. The van der Waals surface area contributed by atoms with Gasteiger partial charge in [0, 0.05) is 11.3 Å². The van der Waals surface area contributed by atoms with Crippen molar-refractivity contribution in [1.29, 1.82) is 0 Å². The summed E-state index contributed by atoms with van der Waals surface area (Å²) < 4.78 is 5.71. The first kappa shape index (κ1) is 14.1. The zero-order valence-electron chi connectivity index (χ0n) is 11.6. The molecule has 1 N–H and O–H groups in total. The molecule has 1 heterocycles. The molecule has 21 heavy (non-hydrogen) atoms. The van der Waals surface area contributed by atoms with Crippen LogP contribution in [0.5, 0.6) is 10.9 Å². The molecule has 0 bridgehead atoms. The number of hydrogen-bond donors (Lipinski definition) is 1. The number of carboxylic acids is 1. The molecule has 1 aliphatic rings. The molecule has 2 unspecified atom stereocenters. The van der Waals surface area contributed by atoms with Gasteiger partial charge in [0.1, 0.15) is 5.75 Å². The summed E-state index contributed by atoms with van der Waals surface area (Å²) in [5.41, 5.74) is 0.859. The van der Waals surface area contributed by atoms with Crippen molar-refractivity contribution in [3.05, 3.63) is 41.4 Å². The molecule has 1 aliphatic carbocycles. The van der Waals surface area contributed by atoms with Crippen LogP contribution in [0.4, 0.5) is 0 Å². The Bertz CT molecular complexity index is 611. The Morgan fingerprint density at radius 2 is 2.00 bits per heavy atom. The van der Waals surface area contributed by atoms with Crippen LogP contribution in [0.25, 0.3) is 0 Å². The van der Waals surface area contributed by atoms with Gasteiger partial charge in [0.15, 0.2) is 0 Å². The van der Waals surface area contributed by atoms with E-state index in [1.165, 1.54) is 11.3 Å². The summed E-state index contributed by atoms with van der Waals surface area (Å²) in [5, 5.41) is 11.9. The second-order valence-corrected chi connectivity index (χ2v) is 6.11. The van der Waals surface area contributed by atoms with E-state index in [1.54, 1.807) is 0 Å². The molecule has 2 atom stereocenters. The highest BCUT2D eigenvalue weighted by atomic mass is 32.1. The summed E-state index contributed by atoms with van der Waals surface area (Å²) in [5.74, 6) is -0.263. The van der Waals surface area contributed by atoms with Crippen molar-refractivity contribution >= 4 is 17.3 Å². The van der Waals surface area contributed by atoms with Gasteiger partial charge in [-0.05, 0) is 25.0 Å². The summed E-state index contributed by atoms with van der Waals surface area (Å²) in [6, 6.07) is 9.50. The topological polar surface area (TPSA) is 59.4 Å². The summed E-state index contributed by atoms with van der Waals surface area (Å²) in [6.07, 6.45) is 3.70. The maximum Gasteiger partial charge on any atom is 0.307 e. The van der Waals surface area contributed by atoms with E-state index in [-0.39, 0.29) is 11.8 Å². The van der Waals surface area contributed by atoms with Crippen molar-refractivity contribution < 1.29 is 14.6 Å². The van der Waals surface area contributed by atoms with E-state index in [4.69, 9.17) is 4.74 Å². The molecule has 1 aromatic carbocycles. The first-order chi connectivity index (χ1) is 10.2. The van der Waals surface area contributed by atoms with Gasteiger partial charge in [-0.2, -0.15) is 0 Å². The first-order valence-corrected chi connectivity index (χ1v) is 8.03. The number of ether oxygens (including phenoxy) is 1. The van der Waals surface area contributed by atoms with Gasteiger partial charge >= 0.3 is 5.97 Å². The zero-order chi connectivity index (χ0) is 14.7. The highest BCUT2D eigenvalue weighted by molar-refractivity contribution is 7.11. The van der Waals surface area contributed by atoms with Gasteiger partial charge in [-0.25, -0.2) is 4.98 Å². The Morgan fingerprint density at radius 1 is 1.24 bits per heavy atom. The summed E-state index contributed by atoms with van der Waals surface area (Å²) in [6.45, 7) is 0. The SMILES string of the molecule is O=C(O)C1CCCCC1c1csc(Oc2ccccc2)n1. The standard InChI is InChI=1S/C16H17NO3S/c18-15(19)13-9-5-4-8-12(13)14-10-21-16(17-14)20-11-6-2-1-3-7-11/h1-3,6-7,10,12-13H,4-5,8-9H2,(H,18,19). The molecular weight excluding hydrogens is 286 g/mol. The van der Waals surface area contributed by atoms with Gasteiger partial charge in [-0.15, -0.1) is 0 Å². The van der Waals surface area contributed by atoms with Crippen LogP contribution < -0.4 is 4.74 Å². The van der Waals surface area contributed by atoms with Crippen LogP contribution in [0.15, 0.2) is 35.7 Å². The van der Waals surface area contributed by atoms with Crippen molar-refractivity contribution in [1.82, 2.24) is 4.98 Å². The summed E-state index contributed by atoms with van der Waals surface area (Å²) in [4.78, 5) is 15.9. The molecule has 0 radical (unpaired) electrons. The monoisotopic (exact) mass is 303 g/mol. The zero-order valence-corrected chi connectivity index (χ0v) is 12.4. The van der Waals surface area contributed by atoms with Crippen LogP contribution in [0.1, 0.15) is 37.3 Å². The maximum atomic E-state index is 11.4.